The zero-order valence-corrected chi connectivity index (χ0v) is 21.6. The summed E-state index contributed by atoms with van der Waals surface area (Å²) in [7, 11) is 0. The Bertz CT molecular complexity index is 982. The van der Waals surface area contributed by atoms with Crippen LogP contribution in [0.2, 0.25) is 10.0 Å². The van der Waals surface area contributed by atoms with Crippen LogP contribution in [0.4, 0.5) is 0 Å². The van der Waals surface area contributed by atoms with Crippen LogP contribution in [0.3, 0.4) is 0 Å². The number of amides is 3. The maximum Gasteiger partial charge on any atom is 0.242 e. The lowest BCUT2D eigenvalue weighted by atomic mass is 10.0. The normalized spacial score (nSPS) is 12.5. The molecule has 0 heterocycles. The molecule has 0 spiro atoms. The van der Waals surface area contributed by atoms with Crippen molar-refractivity contribution in [3.63, 3.8) is 0 Å². The standard InChI is InChI=1S/C25H34Cl2N6O3/c26-19-7-4-8-20(27)18(19)16-31-25(36)22(10-9-17-5-2-1-3-6-17)32-24(35)21(30)15-23(34)33(13-11-28)14-12-29/h1-8,21-22H,9-16,28-30H2,(H,31,36)(H,32,35)/t21-,22-/m0/s1. The molecule has 36 heavy (non-hydrogen) atoms. The van der Waals surface area contributed by atoms with Crippen LogP contribution in [0.5, 0.6) is 0 Å². The summed E-state index contributed by atoms with van der Waals surface area (Å²) in [6, 6.07) is 12.6. The zero-order valence-electron chi connectivity index (χ0n) is 20.1. The predicted octanol–water partition coefficient (Wildman–Crippen LogP) is 1.19. The van der Waals surface area contributed by atoms with Gasteiger partial charge in [-0.2, -0.15) is 0 Å². The Hall–Kier alpha value is -2.69. The van der Waals surface area contributed by atoms with Gasteiger partial charge in [0.15, 0.2) is 0 Å². The number of nitrogens with one attached hydrogen (secondary N) is 2. The van der Waals surface area contributed by atoms with Gasteiger partial charge in [0.25, 0.3) is 0 Å². The molecule has 0 saturated carbocycles. The van der Waals surface area contributed by atoms with Crippen molar-refractivity contribution in [1.82, 2.24) is 15.5 Å². The van der Waals surface area contributed by atoms with E-state index in [1.807, 2.05) is 30.3 Å². The van der Waals surface area contributed by atoms with Crippen LogP contribution in [0.25, 0.3) is 0 Å². The van der Waals surface area contributed by atoms with Crippen molar-refractivity contribution in [1.29, 1.82) is 0 Å². The minimum absolute atomic E-state index is 0.0900. The third-order valence-electron chi connectivity index (χ3n) is 5.58. The first-order valence-corrected chi connectivity index (χ1v) is 12.5. The second kappa shape index (κ2) is 15.4. The molecule has 2 aromatic carbocycles. The van der Waals surface area contributed by atoms with E-state index in [2.05, 4.69) is 10.6 Å². The van der Waals surface area contributed by atoms with Crippen molar-refractivity contribution in [2.45, 2.75) is 37.9 Å². The Morgan fingerprint density at radius 3 is 2.08 bits per heavy atom. The van der Waals surface area contributed by atoms with Gasteiger partial charge in [0, 0.05) is 48.3 Å². The fourth-order valence-corrected chi connectivity index (χ4v) is 4.12. The molecule has 3 amide bonds. The van der Waals surface area contributed by atoms with E-state index in [1.54, 1.807) is 18.2 Å². The highest BCUT2D eigenvalue weighted by molar-refractivity contribution is 6.36. The highest BCUT2D eigenvalue weighted by Gasteiger charge is 2.26. The van der Waals surface area contributed by atoms with Crippen LogP contribution in [-0.4, -0.2) is 60.9 Å². The number of benzene rings is 2. The molecule has 0 unspecified atom stereocenters. The van der Waals surface area contributed by atoms with Crippen molar-refractivity contribution in [3.8, 4) is 0 Å². The second-order valence-corrected chi connectivity index (χ2v) is 9.09. The summed E-state index contributed by atoms with van der Waals surface area (Å²) in [6.07, 6.45) is 0.639. The number of nitrogens with zero attached hydrogens (tertiary/aromatic N) is 1. The number of carbonyl (C=O) groups is 3. The molecule has 0 bridgehead atoms. The van der Waals surface area contributed by atoms with Gasteiger partial charge in [-0.15, -0.1) is 0 Å². The monoisotopic (exact) mass is 536 g/mol. The lowest BCUT2D eigenvalue weighted by molar-refractivity contribution is -0.135. The third kappa shape index (κ3) is 9.40. The van der Waals surface area contributed by atoms with Crippen LogP contribution in [0, 0.1) is 0 Å². The van der Waals surface area contributed by atoms with Crippen LogP contribution in [0.1, 0.15) is 24.0 Å². The maximum absolute atomic E-state index is 13.1. The molecule has 0 aliphatic heterocycles. The quantitative estimate of drug-likeness (QED) is 0.244. The van der Waals surface area contributed by atoms with Gasteiger partial charge in [0.1, 0.15) is 6.04 Å². The van der Waals surface area contributed by atoms with Crippen LogP contribution in [-0.2, 0) is 27.3 Å². The molecule has 0 fully saturated rings. The van der Waals surface area contributed by atoms with Gasteiger partial charge in [-0.1, -0.05) is 59.6 Å². The molecule has 0 radical (unpaired) electrons. The van der Waals surface area contributed by atoms with E-state index in [0.29, 0.717) is 41.5 Å². The highest BCUT2D eigenvalue weighted by atomic mass is 35.5. The summed E-state index contributed by atoms with van der Waals surface area (Å²) in [6.45, 7) is 1.26. The maximum atomic E-state index is 13.1. The van der Waals surface area contributed by atoms with E-state index < -0.39 is 23.9 Å². The molecule has 2 aromatic rings. The number of aryl methyl sites for hydroxylation is 1. The van der Waals surface area contributed by atoms with Crippen LogP contribution >= 0.6 is 23.2 Å². The van der Waals surface area contributed by atoms with Crippen molar-refractivity contribution < 1.29 is 14.4 Å². The summed E-state index contributed by atoms with van der Waals surface area (Å²) >= 11 is 12.4. The summed E-state index contributed by atoms with van der Waals surface area (Å²) in [5.74, 6) is -1.35. The number of hydrogen-bond donors (Lipinski definition) is 5. The zero-order chi connectivity index (χ0) is 26.5. The molecule has 9 nitrogen and oxygen atoms in total. The third-order valence-corrected chi connectivity index (χ3v) is 6.29. The molecule has 0 aliphatic carbocycles. The first-order chi connectivity index (χ1) is 17.3. The van der Waals surface area contributed by atoms with Crippen LogP contribution < -0.4 is 27.8 Å². The molecule has 196 valence electrons. The number of carbonyl (C=O) groups excluding carboxylic acids is 3. The molecular formula is C25H34Cl2N6O3. The Labute approximate surface area is 221 Å². The molecule has 11 heteroatoms. The Morgan fingerprint density at radius 1 is 0.889 bits per heavy atom. The van der Waals surface area contributed by atoms with Gasteiger partial charge in [-0.05, 0) is 30.5 Å². The van der Waals surface area contributed by atoms with E-state index >= 15 is 0 Å². The fraction of sp³-hybridized carbons (Fsp3) is 0.400. The van der Waals surface area contributed by atoms with E-state index in [-0.39, 0.29) is 32.0 Å². The number of nitrogens with two attached hydrogens (primary N) is 3. The summed E-state index contributed by atoms with van der Waals surface area (Å²) in [5, 5.41) is 6.33. The van der Waals surface area contributed by atoms with Gasteiger partial charge in [-0.3, -0.25) is 14.4 Å². The SMILES string of the molecule is NCCN(CCN)C(=O)C[C@H](N)C(=O)N[C@@H](CCc1ccccc1)C(=O)NCc1c(Cl)cccc1Cl. The average Bonchev–Trinajstić information content (AvgIpc) is 2.86. The Kier molecular flexibility index (Phi) is 12.7. The predicted molar refractivity (Wildman–Crippen MR) is 142 cm³/mol. The molecule has 2 atom stereocenters. The van der Waals surface area contributed by atoms with Gasteiger partial charge < -0.3 is 32.7 Å². The second-order valence-electron chi connectivity index (χ2n) is 8.27. The summed E-state index contributed by atoms with van der Waals surface area (Å²) < 4.78 is 0. The van der Waals surface area contributed by atoms with Crippen molar-refractivity contribution in [2.24, 2.45) is 17.2 Å². The average molecular weight is 537 g/mol. The molecule has 0 aliphatic rings. The topological polar surface area (TPSA) is 157 Å². The first-order valence-electron chi connectivity index (χ1n) is 11.7. The molecule has 2 rings (SSSR count). The summed E-state index contributed by atoms with van der Waals surface area (Å²) in [4.78, 5) is 39.9. The van der Waals surface area contributed by atoms with Crippen molar-refractivity contribution in [2.75, 3.05) is 26.2 Å². The minimum Gasteiger partial charge on any atom is -0.350 e. The van der Waals surface area contributed by atoms with Crippen molar-refractivity contribution in [3.05, 3.63) is 69.7 Å². The van der Waals surface area contributed by atoms with Crippen molar-refractivity contribution >= 4 is 40.9 Å². The summed E-state index contributed by atoms with van der Waals surface area (Å²) in [5.41, 5.74) is 18.7. The Balaban J connectivity index is 2.07. The molecule has 0 saturated heterocycles. The van der Waals surface area contributed by atoms with Gasteiger partial charge in [0.05, 0.1) is 12.5 Å². The molecule has 8 N–H and O–H groups in total. The van der Waals surface area contributed by atoms with E-state index in [0.717, 1.165) is 5.56 Å². The largest absolute Gasteiger partial charge is 0.350 e. The number of rotatable bonds is 14. The van der Waals surface area contributed by atoms with E-state index in [9.17, 15) is 14.4 Å². The number of hydrogen-bond acceptors (Lipinski definition) is 6. The van der Waals surface area contributed by atoms with E-state index in [4.69, 9.17) is 40.4 Å². The first kappa shape index (κ1) is 29.5. The van der Waals surface area contributed by atoms with Crippen LogP contribution in [0.15, 0.2) is 48.5 Å². The minimum atomic E-state index is -1.14. The van der Waals surface area contributed by atoms with Gasteiger partial charge in [-0.25, -0.2) is 0 Å². The highest BCUT2D eigenvalue weighted by Crippen LogP contribution is 2.24. The fourth-order valence-electron chi connectivity index (χ4n) is 3.59. The lowest BCUT2D eigenvalue weighted by Gasteiger charge is -2.24. The smallest absolute Gasteiger partial charge is 0.242 e. The van der Waals surface area contributed by atoms with Gasteiger partial charge in [0.2, 0.25) is 17.7 Å². The molecular weight excluding hydrogens is 503 g/mol. The lowest BCUT2D eigenvalue weighted by Crippen LogP contribution is -2.53. The van der Waals surface area contributed by atoms with Gasteiger partial charge >= 0.3 is 0 Å². The molecule has 0 aromatic heterocycles. The van der Waals surface area contributed by atoms with E-state index in [1.165, 1.54) is 4.90 Å². The Morgan fingerprint density at radius 2 is 1.50 bits per heavy atom. The number of halogens is 2.